The first-order valence-corrected chi connectivity index (χ1v) is 6.49. The van der Waals surface area contributed by atoms with E-state index in [0.717, 1.165) is 6.07 Å². The maximum absolute atomic E-state index is 13.8. The number of ether oxygens (including phenoxy) is 1. The van der Waals surface area contributed by atoms with Crippen molar-refractivity contribution in [3.05, 3.63) is 55.4 Å². The van der Waals surface area contributed by atoms with Gasteiger partial charge in [0.25, 0.3) is 5.69 Å². The summed E-state index contributed by atoms with van der Waals surface area (Å²) in [4.78, 5) is 13.9. The van der Waals surface area contributed by atoms with Gasteiger partial charge in [0, 0.05) is 16.2 Å². The third-order valence-electron chi connectivity index (χ3n) is 2.43. The van der Waals surface area contributed by atoms with Gasteiger partial charge >= 0.3 is 0 Å². The number of halogens is 3. The minimum atomic E-state index is -0.858. The van der Waals surface area contributed by atoms with Crippen LogP contribution < -0.4 is 4.74 Å². The average molecular weight is 362 g/mol. The third kappa shape index (κ3) is 3.05. The molecule has 0 aliphatic rings. The molecule has 0 radical (unpaired) electrons. The highest BCUT2D eigenvalue weighted by Gasteiger charge is 2.18. The molecule has 0 saturated carbocycles. The number of nitro benzene ring substituents is 1. The van der Waals surface area contributed by atoms with Crippen LogP contribution in [0.15, 0.2) is 28.9 Å². The number of aromatic nitrogens is 1. The van der Waals surface area contributed by atoms with Crippen LogP contribution in [0.2, 0.25) is 5.02 Å². The smallest absolute Gasteiger partial charge is 0.275 e. The Bertz CT molecular complexity index is 697. The van der Waals surface area contributed by atoms with Gasteiger partial charge in [0.15, 0.2) is 11.6 Å². The fourth-order valence-corrected chi connectivity index (χ4v) is 2.17. The van der Waals surface area contributed by atoms with E-state index in [4.69, 9.17) is 16.3 Å². The monoisotopic (exact) mass is 360 g/mol. The van der Waals surface area contributed by atoms with Crippen molar-refractivity contribution in [2.75, 3.05) is 0 Å². The predicted octanol–water partition coefficient (Wildman–Crippen LogP) is 4.65. The zero-order valence-electron chi connectivity index (χ0n) is 10.1. The molecule has 0 N–H and O–H groups in total. The Hall–Kier alpha value is -1.73. The van der Waals surface area contributed by atoms with E-state index in [1.54, 1.807) is 6.07 Å². The van der Waals surface area contributed by atoms with Crippen LogP contribution >= 0.6 is 27.5 Å². The fourth-order valence-electron chi connectivity index (χ4n) is 1.50. The van der Waals surface area contributed by atoms with Crippen LogP contribution in [-0.2, 0) is 0 Å². The Balaban J connectivity index is 2.39. The van der Waals surface area contributed by atoms with Crippen molar-refractivity contribution in [2.45, 2.75) is 6.92 Å². The summed E-state index contributed by atoms with van der Waals surface area (Å²) in [6, 6.07) is 3.57. The quantitative estimate of drug-likeness (QED) is 0.590. The van der Waals surface area contributed by atoms with Crippen molar-refractivity contribution in [2.24, 2.45) is 0 Å². The Morgan fingerprint density at radius 2 is 2.15 bits per heavy atom. The standard InChI is InChI=1S/C12H7BrClFN2O3/c1-6-2-11(9(15)4-10(6)17(18)19)20-12-8(14)3-7(13)5-16-12/h2-5H,1H3. The fraction of sp³-hybridized carbons (Fsp3) is 0.0833. The van der Waals surface area contributed by atoms with Gasteiger partial charge in [-0.15, -0.1) is 0 Å². The molecular weight excluding hydrogens is 354 g/mol. The molecule has 0 fully saturated rings. The van der Waals surface area contributed by atoms with Gasteiger partial charge in [-0.25, -0.2) is 9.37 Å². The number of aryl methyl sites for hydroxylation is 1. The van der Waals surface area contributed by atoms with Crippen molar-refractivity contribution in [1.29, 1.82) is 0 Å². The molecule has 1 aromatic carbocycles. The van der Waals surface area contributed by atoms with Crippen molar-refractivity contribution in [3.8, 4) is 11.6 Å². The van der Waals surface area contributed by atoms with E-state index in [1.807, 2.05) is 0 Å². The molecule has 1 heterocycles. The van der Waals surface area contributed by atoms with Crippen LogP contribution in [0.3, 0.4) is 0 Å². The van der Waals surface area contributed by atoms with Crippen LogP contribution in [0, 0.1) is 22.9 Å². The van der Waals surface area contributed by atoms with Crippen LogP contribution in [0.4, 0.5) is 10.1 Å². The van der Waals surface area contributed by atoms with Crippen LogP contribution in [0.1, 0.15) is 5.56 Å². The van der Waals surface area contributed by atoms with Gasteiger partial charge in [0.1, 0.15) is 5.02 Å². The van der Waals surface area contributed by atoms with Gasteiger partial charge < -0.3 is 4.74 Å². The van der Waals surface area contributed by atoms with Gasteiger partial charge in [-0.05, 0) is 35.0 Å². The topological polar surface area (TPSA) is 65.3 Å². The number of pyridine rings is 1. The molecule has 5 nitrogen and oxygen atoms in total. The molecule has 20 heavy (non-hydrogen) atoms. The minimum absolute atomic E-state index is 0.0158. The second-order valence-electron chi connectivity index (χ2n) is 3.87. The summed E-state index contributed by atoms with van der Waals surface area (Å²) in [7, 11) is 0. The molecule has 2 rings (SSSR count). The highest BCUT2D eigenvalue weighted by atomic mass is 79.9. The van der Waals surface area contributed by atoms with E-state index in [-0.39, 0.29) is 27.9 Å². The number of hydrogen-bond acceptors (Lipinski definition) is 4. The van der Waals surface area contributed by atoms with Crippen molar-refractivity contribution < 1.29 is 14.1 Å². The first-order valence-electron chi connectivity index (χ1n) is 5.32. The number of benzene rings is 1. The molecule has 8 heteroatoms. The van der Waals surface area contributed by atoms with E-state index < -0.39 is 10.7 Å². The summed E-state index contributed by atoms with van der Waals surface area (Å²) >= 11 is 9.09. The van der Waals surface area contributed by atoms with Gasteiger partial charge in [0.05, 0.1) is 11.0 Å². The second-order valence-corrected chi connectivity index (χ2v) is 5.19. The lowest BCUT2D eigenvalue weighted by atomic mass is 10.2. The molecule has 0 aliphatic carbocycles. The molecule has 0 aliphatic heterocycles. The average Bonchev–Trinajstić information content (AvgIpc) is 2.36. The number of nitro groups is 1. The second kappa shape index (κ2) is 5.72. The maximum Gasteiger partial charge on any atom is 0.275 e. The molecule has 0 amide bonds. The molecule has 0 unspecified atom stereocenters. The summed E-state index contributed by atoms with van der Waals surface area (Å²) in [5.74, 6) is -1.02. The predicted molar refractivity (Wildman–Crippen MR) is 74.8 cm³/mol. The lowest BCUT2D eigenvalue weighted by molar-refractivity contribution is -0.385. The van der Waals surface area contributed by atoms with E-state index in [1.165, 1.54) is 19.2 Å². The summed E-state index contributed by atoms with van der Waals surface area (Å²) in [6.07, 6.45) is 1.44. The van der Waals surface area contributed by atoms with Gasteiger partial charge in [-0.2, -0.15) is 0 Å². The van der Waals surface area contributed by atoms with Crippen LogP contribution in [0.25, 0.3) is 0 Å². The lowest BCUT2D eigenvalue weighted by Crippen LogP contribution is -1.97. The highest BCUT2D eigenvalue weighted by molar-refractivity contribution is 9.10. The first-order chi connectivity index (χ1) is 9.38. The van der Waals surface area contributed by atoms with Crippen LogP contribution in [-0.4, -0.2) is 9.91 Å². The molecule has 0 saturated heterocycles. The molecular formula is C12H7BrClFN2O3. The van der Waals surface area contributed by atoms with Gasteiger partial charge in [-0.1, -0.05) is 11.6 Å². The van der Waals surface area contributed by atoms with Gasteiger partial charge in [0.2, 0.25) is 5.88 Å². The van der Waals surface area contributed by atoms with E-state index in [2.05, 4.69) is 20.9 Å². The Labute approximate surface area is 126 Å². The number of rotatable bonds is 3. The van der Waals surface area contributed by atoms with Crippen molar-refractivity contribution in [3.63, 3.8) is 0 Å². The molecule has 104 valence electrons. The normalized spacial score (nSPS) is 10.4. The molecule has 0 atom stereocenters. The Morgan fingerprint density at radius 1 is 1.45 bits per heavy atom. The van der Waals surface area contributed by atoms with Gasteiger partial charge in [-0.3, -0.25) is 10.1 Å². The third-order valence-corrected chi connectivity index (χ3v) is 3.13. The van der Waals surface area contributed by atoms with E-state index in [9.17, 15) is 14.5 Å². The summed E-state index contributed by atoms with van der Waals surface area (Å²) in [5, 5.41) is 10.9. The minimum Gasteiger partial charge on any atom is -0.434 e. The number of hydrogen-bond donors (Lipinski definition) is 0. The lowest BCUT2D eigenvalue weighted by Gasteiger charge is -2.08. The molecule has 0 bridgehead atoms. The number of nitrogens with zero attached hydrogens (tertiary/aromatic N) is 2. The van der Waals surface area contributed by atoms with E-state index in [0.29, 0.717) is 4.47 Å². The first kappa shape index (κ1) is 14.7. The highest BCUT2D eigenvalue weighted by Crippen LogP contribution is 2.33. The SMILES string of the molecule is Cc1cc(Oc2ncc(Br)cc2Cl)c(F)cc1[N+](=O)[O-]. The Morgan fingerprint density at radius 3 is 2.75 bits per heavy atom. The molecule has 2 aromatic rings. The Kier molecular flexibility index (Phi) is 4.20. The molecule has 0 spiro atoms. The van der Waals surface area contributed by atoms with E-state index >= 15 is 0 Å². The largest absolute Gasteiger partial charge is 0.434 e. The van der Waals surface area contributed by atoms with Crippen LogP contribution in [0.5, 0.6) is 11.6 Å². The van der Waals surface area contributed by atoms with Crippen molar-refractivity contribution in [1.82, 2.24) is 4.98 Å². The zero-order valence-corrected chi connectivity index (χ0v) is 12.4. The summed E-state index contributed by atoms with van der Waals surface area (Å²) in [5.41, 5.74) is -0.0376. The summed E-state index contributed by atoms with van der Waals surface area (Å²) < 4.78 is 19.7. The van der Waals surface area contributed by atoms with Crippen molar-refractivity contribution >= 4 is 33.2 Å². The molecule has 1 aromatic heterocycles. The zero-order chi connectivity index (χ0) is 14.9. The summed E-state index contributed by atoms with van der Waals surface area (Å²) in [6.45, 7) is 1.49. The maximum atomic E-state index is 13.8.